The molecule has 5 heteroatoms. The molecular formula is C12H19ClN4. The number of halogens is 1. The van der Waals surface area contributed by atoms with E-state index in [1.54, 1.807) is 12.4 Å². The maximum Gasteiger partial charge on any atom is 0.106 e. The third kappa shape index (κ3) is 4.03. The molecule has 1 rings (SSSR count). The molecule has 0 bridgehead atoms. The van der Waals surface area contributed by atoms with Gasteiger partial charge in [-0.3, -0.25) is 10.00 Å². The maximum absolute atomic E-state index is 9.25. The van der Waals surface area contributed by atoms with E-state index < -0.39 is 5.54 Å². The second kappa shape index (κ2) is 6.63. The average Bonchev–Trinajstić information content (AvgIpc) is 2.74. The lowest BCUT2D eigenvalue weighted by Gasteiger charge is -2.25. The topological polar surface area (TPSA) is 53.6 Å². The third-order valence-corrected chi connectivity index (χ3v) is 3.12. The number of hydrogen-bond acceptors (Lipinski definition) is 3. The molecule has 17 heavy (non-hydrogen) atoms. The molecule has 0 aliphatic carbocycles. The molecule has 0 aliphatic rings. The largest absolute Gasteiger partial charge is 0.300 e. The Bertz CT molecular complexity index is 382. The lowest BCUT2D eigenvalue weighted by atomic mass is 9.92. The fourth-order valence-electron chi connectivity index (χ4n) is 1.91. The first kappa shape index (κ1) is 14.0. The summed E-state index contributed by atoms with van der Waals surface area (Å²) in [5.74, 6) is 0. The van der Waals surface area contributed by atoms with Crippen LogP contribution in [0, 0.1) is 11.3 Å². The average molecular weight is 255 g/mol. The van der Waals surface area contributed by atoms with Crippen molar-refractivity contribution < 1.29 is 0 Å². The Labute approximate surface area is 108 Å². The summed E-state index contributed by atoms with van der Waals surface area (Å²) in [7, 11) is 0. The quantitative estimate of drug-likeness (QED) is 0.814. The van der Waals surface area contributed by atoms with Gasteiger partial charge < -0.3 is 0 Å². The minimum atomic E-state index is -0.397. The fraction of sp³-hybridized carbons (Fsp3) is 0.667. The van der Waals surface area contributed by atoms with Gasteiger partial charge in [-0.15, -0.1) is 0 Å². The minimum Gasteiger partial charge on any atom is -0.300 e. The third-order valence-electron chi connectivity index (χ3n) is 2.93. The van der Waals surface area contributed by atoms with Gasteiger partial charge in [-0.05, 0) is 25.8 Å². The Morgan fingerprint density at radius 1 is 1.59 bits per heavy atom. The molecule has 94 valence electrons. The van der Waals surface area contributed by atoms with E-state index in [0.717, 1.165) is 32.4 Å². The van der Waals surface area contributed by atoms with Crippen molar-refractivity contribution in [2.24, 2.45) is 0 Å². The van der Waals surface area contributed by atoms with Gasteiger partial charge in [0.25, 0.3) is 0 Å². The monoisotopic (exact) mass is 254 g/mol. The molecule has 0 spiro atoms. The number of nitrogens with one attached hydrogen (secondary N) is 1. The molecule has 0 amide bonds. The molecular weight excluding hydrogens is 236 g/mol. The van der Waals surface area contributed by atoms with Crippen LogP contribution in [0.25, 0.3) is 0 Å². The van der Waals surface area contributed by atoms with E-state index in [4.69, 9.17) is 11.6 Å². The van der Waals surface area contributed by atoms with E-state index >= 15 is 0 Å². The SMILES string of the molecule is CCNC(C#N)(CC)CCCn1cc(Cl)cn1. The lowest BCUT2D eigenvalue weighted by molar-refractivity contribution is 0.358. The summed E-state index contributed by atoms with van der Waals surface area (Å²) >= 11 is 5.79. The van der Waals surface area contributed by atoms with Crippen LogP contribution in [0.4, 0.5) is 0 Å². The number of nitrogens with zero attached hydrogens (tertiary/aromatic N) is 3. The van der Waals surface area contributed by atoms with Crippen LogP contribution in [-0.2, 0) is 6.54 Å². The highest BCUT2D eigenvalue weighted by Gasteiger charge is 2.25. The van der Waals surface area contributed by atoms with Crippen molar-refractivity contribution in [3.05, 3.63) is 17.4 Å². The molecule has 1 aromatic heterocycles. The fourth-order valence-corrected chi connectivity index (χ4v) is 2.06. The van der Waals surface area contributed by atoms with Gasteiger partial charge >= 0.3 is 0 Å². The zero-order valence-electron chi connectivity index (χ0n) is 10.4. The number of aromatic nitrogens is 2. The van der Waals surface area contributed by atoms with E-state index in [0.29, 0.717) is 5.02 Å². The molecule has 0 fully saturated rings. The van der Waals surface area contributed by atoms with Gasteiger partial charge in [-0.2, -0.15) is 10.4 Å². The Morgan fingerprint density at radius 3 is 2.82 bits per heavy atom. The van der Waals surface area contributed by atoms with E-state index in [1.165, 1.54) is 0 Å². The zero-order valence-corrected chi connectivity index (χ0v) is 11.2. The van der Waals surface area contributed by atoms with Crippen LogP contribution in [0.2, 0.25) is 5.02 Å². The van der Waals surface area contributed by atoms with Crippen LogP contribution >= 0.6 is 11.6 Å². The van der Waals surface area contributed by atoms with E-state index in [1.807, 2.05) is 18.5 Å². The van der Waals surface area contributed by atoms with Gasteiger partial charge in [0.2, 0.25) is 0 Å². The van der Waals surface area contributed by atoms with Crippen molar-refractivity contribution in [1.29, 1.82) is 5.26 Å². The van der Waals surface area contributed by atoms with Gasteiger partial charge in [-0.1, -0.05) is 25.4 Å². The molecule has 0 radical (unpaired) electrons. The van der Waals surface area contributed by atoms with Crippen LogP contribution < -0.4 is 5.32 Å². The van der Waals surface area contributed by atoms with Gasteiger partial charge in [0.05, 0.1) is 17.3 Å². The molecule has 4 nitrogen and oxygen atoms in total. The molecule has 1 aromatic rings. The van der Waals surface area contributed by atoms with Gasteiger partial charge in [-0.25, -0.2) is 0 Å². The van der Waals surface area contributed by atoms with Gasteiger partial charge in [0, 0.05) is 12.7 Å². The summed E-state index contributed by atoms with van der Waals surface area (Å²) in [6.07, 6.45) is 5.98. The van der Waals surface area contributed by atoms with E-state index in [9.17, 15) is 5.26 Å². The van der Waals surface area contributed by atoms with Crippen LogP contribution in [0.15, 0.2) is 12.4 Å². The summed E-state index contributed by atoms with van der Waals surface area (Å²) < 4.78 is 1.81. The lowest BCUT2D eigenvalue weighted by Crippen LogP contribution is -2.43. The Morgan fingerprint density at radius 2 is 2.35 bits per heavy atom. The molecule has 1 atom stereocenters. The van der Waals surface area contributed by atoms with E-state index in [2.05, 4.69) is 16.5 Å². The second-order valence-corrected chi connectivity index (χ2v) is 4.54. The second-order valence-electron chi connectivity index (χ2n) is 4.10. The Balaban J connectivity index is 2.45. The Kier molecular flexibility index (Phi) is 5.46. The zero-order chi connectivity index (χ0) is 12.7. The highest BCUT2D eigenvalue weighted by atomic mass is 35.5. The molecule has 0 saturated heterocycles. The number of nitriles is 1. The molecule has 1 unspecified atom stereocenters. The van der Waals surface area contributed by atoms with Crippen molar-refractivity contribution in [3.8, 4) is 6.07 Å². The van der Waals surface area contributed by atoms with Crippen molar-refractivity contribution in [2.75, 3.05) is 6.54 Å². The number of hydrogen-bond donors (Lipinski definition) is 1. The maximum atomic E-state index is 9.25. The molecule has 0 aliphatic heterocycles. The number of rotatable bonds is 7. The van der Waals surface area contributed by atoms with E-state index in [-0.39, 0.29) is 0 Å². The summed E-state index contributed by atoms with van der Waals surface area (Å²) in [6.45, 7) is 5.67. The van der Waals surface area contributed by atoms with Crippen molar-refractivity contribution >= 4 is 11.6 Å². The summed E-state index contributed by atoms with van der Waals surface area (Å²) in [5.41, 5.74) is -0.397. The summed E-state index contributed by atoms with van der Waals surface area (Å²) in [4.78, 5) is 0. The van der Waals surface area contributed by atoms with Crippen molar-refractivity contribution in [3.63, 3.8) is 0 Å². The van der Waals surface area contributed by atoms with Gasteiger partial charge in [0.15, 0.2) is 0 Å². The number of aryl methyl sites for hydroxylation is 1. The molecule has 1 heterocycles. The van der Waals surface area contributed by atoms with Crippen molar-refractivity contribution in [1.82, 2.24) is 15.1 Å². The van der Waals surface area contributed by atoms with Crippen LogP contribution in [0.5, 0.6) is 0 Å². The van der Waals surface area contributed by atoms with Crippen molar-refractivity contribution in [2.45, 2.75) is 45.2 Å². The highest BCUT2D eigenvalue weighted by molar-refractivity contribution is 6.30. The standard InChI is InChI=1S/C12H19ClN4/c1-3-12(10-14,15-4-2)6-5-7-17-9-11(13)8-16-17/h8-9,15H,3-7H2,1-2H3. The van der Waals surface area contributed by atoms with Gasteiger partial charge in [0.1, 0.15) is 5.54 Å². The molecule has 0 aromatic carbocycles. The normalized spacial score (nSPS) is 14.2. The van der Waals surface area contributed by atoms with Crippen LogP contribution in [0.3, 0.4) is 0 Å². The predicted octanol–water partition coefficient (Wildman–Crippen LogP) is 2.60. The first-order valence-corrected chi connectivity index (χ1v) is 6.38. The van der Waals surface area contributed by atoms with Crippen LogP contribution in [0.1, 0.15) is 33.1 Å². The minimum absolute atomic E-state index is 0.397. The predicted molar refractivity (Wildman–Crippen MR) is 68.8 cm³/mol. The molecule has 1 N–H and O–H groups in total. The summed E-state index contributed by atoms with van der Waals surface area (Å²) in [5, 5.41) is 17.3. The first-order valence-electron chi connectivity index (χ1n) is 6.00. The Hall–Kier alpha value is -1.05. The smallest absolute Gasteiger partial charge is 0.106 e. The summed E-state index contributed by atoms with van der Waals surface area (Å²) in [6, 6.07) is 2.39. The first-order chi connectivity index (χ1) is 8.15. The molecule has 0 saturated carbocycles. The highest BCUT2D eigenvalue weighted by Crippen LogP contribution is 2.17. The van der Waals surface area contributed by atoms with Crippen LogP contribution in [-0.4, -0.2) is 21.9 Å².